The third-order valence-electron chi connectivity index (χ3n) is 15.8. The molecule has 4 aromatic carbocycles. The number of benzene rings is 4. The van der Waals surface area contributed by atoms with Crippen LogP contribution in [0.25, 0.3) is 12.2 Å². The Balaban J connectivity index is 0.000000699. The van der Waals surface area contributed by atoms with Crippen LogP contribution in [0.2, 0.25) is 5.15 Å². The van der Waals surface area contributed by atoms with Gasteiger partial charge in [0, 0.05) is 80.4 Å². The molecule has 0 aliphatic carbocycles. The summed E-state index contributed by atoms with van der Waals surface area (Å²) < 4.78 is 21.7. The van der Waals surface area contributed by atoms with Gasteiger partial charge in [-0.25, -0.2) is 24.9 Å². The first kappa shape index (κ1) is 96.2. The van der Waals surface area contributed by atoms with E-state index >= 15 is 0 Å². The number of aromatic nitrogens is 8. The number of carboxylic acids is 1. The third kappa shape index (κ3) is 34.4. The summed E-state index contributed by atoms with van der Waals surface area (Å²) in [5.41, 5.74) is 38.5. The number of nitrogen functional groups attached to an aromatic ring is 4. The van der Waals surface area contributed by atoms with Crippen LogP contribution in [0.3, 0.4) is 0 Å². The molecule has 0 saturated carbocycles. The van der Waals surface area contributed by atoms with Gasteiger partial charge < -0.3 is 78.9 Å². The van der Waals surface area contributed by atoms with Gasteiger partial charge in [-0.05, 0) is 130 Å². The maximum atomic E-state index is 11.5. The molecule has 0 fully saturated rings. The molecule has 8 aromatic rings. The van der Waals surface area contributed by atoms with Crippen LogP contribution in [0.1, 0.15) is 187 Å². The Hall–Kier alpha value is -9.83. The van der Waals surface area contributed by atoms with Crippen molar-refractivity contribution in [1.82, 2.24) is 39.9 Å². The molecule has 108 heavy (non-hydrogen) atoms. The maximum Gasteiger partial charge on any atom is 1.00 e. The van der Waals surface area contributed by atoms with E-state index < -0.39 is 5.97 Å². The molecule has 0 amide bonds. The van der Waals surface area contributed by atoms with E-state index in [2.05, 4.69) is 83.5 Å². The first-order valence-corrected chi connectivity index (χ1v) is 35.7. The quantitative estimate of drug-likeness (QED) is 0.00762. The van der Waals surface area contributed by atoms with Gasteiger partial charge in [-0.1, -0.05) is 145 Å². The Bertz CT molecular complexity index is 3980. The predicted octanol–water partition coefficient (Wildman–Crippen LogP) is 10.9. The number of ether oxygens (including phenoxy) is 4. The van der Waals surface area contributed by atoms with E-state index in [9.17, 15) is 19.2 Å². The number of para-hydroxylation sites is 4. The second-order valence-corrected chi connectivity index (χ2v) is 24.5. The number of Topliss-reactive ketones (excluding diaryl/α,β-unsaturated/α-hetero) is 1. The first-order chi connectivity index (χ1) is 50.6. The number of aryl methyl sites for hydroxylation is 2. The number of hydrogen-bond acceptors (Lipinski definition) is 25. The summed E-state index contributed by atoms with van der Waals surface area (Å²) in [6.45, 7) is 16.3. The van der Waals surface area contributed by atoms with Gasteiger partial charge in [0.2, 0.25) is 23.8 Å². The second kappa shape index (κ2) is 53.9. The minimum Gasteiger partial charge on any atom is -0.870 e. The van der Waals surface area contributed by atoms with E-state index in [-0.39, 0.29) is 95.2 Å². The third-order valence-corrected chi connectivity index (χ3v) is 16.1. The zero-order chi connectivity index (χ0) is 77.1. The van der Waals surface area contributed by atoms with Crippen LogP contribution in [0.5, 0.6) is 23.0 Å². The maximum absolute atomic E-state index is 11.5. The van der Waals surface area contributed by atoms with Crippen LogP contribution in [-0.4, -0.2) is 128 Å². The molecule has 4 heterocycles. The van der Waals surface area contributed by atoms with Gasteiger partial charge in [0.1, 0.15) is 51.4 Å². The summed E-state index contributed by atoms with van der Waals surface area (Å²) in [7, 11) is 6.55. The molecule has 0 atom stereocenters. The Labute approximate surface area is 664 Å². The molecule has 0 aliphatic heterocycles. The topological polar surface area (TPSA) is 425 Å². The molecule has 0 spiro atoms. The summed E-state index contributed by atoms with van der Waals surface area (Å²) in [5.74, 6) is 4.98. The number of halogens is 1. The van der Waals surface area contributed by atoms with Crippen molar-refractivity contribution in [2.75, 3.05) is 93.5 Å². The number of hydrogen-bond donors (Lipinski definition) is 9. The number of nitrogens with two attached hydrogens (primary N) is 5. The largest absolute Gasteiger partial charge is 1.00 e. The van der Waals surface area contributed by atoms with E-state index in [0.717, 1.165) is 138 Å². The van der Waals surface area contributed by atoms with Crippen LogP contribution in [0, 0.1) is 0 Å². The fourth-order valence-corrected chi connectivity index (χ4v) is 10.6. The number of ketones is 3. The number of methoxy groups -OCH3 is 4. The van der Waals surface area contributed by atoms with Crippen LogP contribution >= 0.6 is 11.6 Å². The Morgan fingerprint density at radius 1 is 0.454 bits per heavy atom. The number of carbonyl (C=O) groups excluding carboxylic acids is 3. The number of anilines is 7. The van der Waals surface area contributed by atoms with Gasteiger partial charge in [0.15, 0.2) is 11.6 Å². The van der Waals surface area contributed by atoms with Crippen molar-refractivity contribution < 1.29 is 78.3 Å². The molecule has 0 aliphatic rings. The molecule has 28 heteroatoms. The molecule has 15 N–H and O–H groups in total. The van der Waals surface area contributed by atoms with Crippen molar-refractivity contribution in [1.29, 1.82) is 0 Å². The second-order valence-electron chi connectivity index (χ2n) is 24.2. The van der Waals surface area contributed by atoms with E-state index in [0.29, 0.717) is 79.2 Å². The standard InChI is InChI=1S/C20H28N4O2.C20H26N4O2.C19H26N4O3.C16H16ClN3O2.C4H11N.CH4.Na.H2O/c2*1-4-5-12-22-19-16(13-15-8-6-7-9-18(15)26-3)17(11-10-14(2)25)23-20(21)24-19;1-3-4-11-21-18-14(12-13-7-5-6-8-16(13)26-2)15(9-10-17(24)25)22-19(20)23-18;1-10(21)7-8-13-12(15(17)20-16(18)19-13)9-11-5-3-4-6-14(11)22-2;1-2-3-4-5;;;/h6-9H,4-5,10-13H2,1-3H3,(H3,21,22,23,24);6-11H,4-5,12-13H2,1-3H3,(H3,21,22,23,24);5-8H,3-4,9-12H2,1-2H3,(H,24,25)(H3,20,21,22,23);3-8H,9H2,1-2H3,(H2,18,19,20);2-5H2,1H3;1H4;;1H2/q;;;;;;+1;/p-1/b;11-10+;;8-7+;;;;. The molecule has 0 saturated heterocycles. The summed E-state index contributed by atoms with van der Waals surface area (Å²) in [6, 6.07) is 31.0. The summed E-state index contributed by atoms with van der Waals surface area (Å²) >= 11 is 6.20. The van der Waals surface area contributed by atoms with E-state index in [1.807, 2.05) is 97.1 Å². The van der Waals surface area contributed by atoms with Crippen molar-refractivity contribution in [2.24, 2.45) is 5.73 Å². The van der Waals surface area contributed by atoms with Crippen molar-refractivity contribution in [3.05, 3.63) is 182 Å². The average Bonchev–Trinajstić information content (AvgIpc) is 0.833. The number of allylic oxidation sites excluding steroid dienone is 2. The molecule has 4 aromatic heterocycles. The van der Waals surface area contributed by atoms with Crippen LogP contribution in [0.15, 0.2) is 109 Å². The van der Waals surface area contributed by atoms with Crippen molar-refractivity contribution >= 4 is 88.3 Å². The van der Waals surface area contributed by atoms with Crippen molar-refractivity contribution in [2.45, 2.75) is 159 Å². The zero-order valence-electron chi connectivity index (χ0n) is 64.2. The normalized spacial score (nSPS) is 10.3. The molecular weight excluding hydrogens is 1400 g/mol. The predicted molar refractivity (Wildman–Crippen MR) is 431 cm³/mol. The smallest absolute Gasteiger partial charge is 0.870 e. The van der Waals surface area contributed by atoms with E-state index in [1.54, 1.807) is 47.5 Å². The Kier molecular flexibility index (Phi) is 48.0. The van der Waals surface area contributed by atoms with Gasteiger partial charge in [-0.3, -0.25) is 14.4 Å². The Morgan fingerprint density at radius 3 is 1.07 bits per heavy atom. The van der Waals surface area contributed by atoms with Gasteiger partial charge in [0.05, 0.1) is 57.6 Å². The van der Waals surface area contributed by atoms with Crippen LogP contribution < -0.4 is 93.1 Å². The first-order valence-electron chi connectivity index (χ1n) is 35.3. The van der Waals surface area contributed by atoms with Crippen LogP contribution in [0.4, 0.5) is 41.2 Å². The Morgan fingerprint density at radius 2 is 0.759 bits per heavy atom. The van der Waals surface area contributed by atoms with E-state index in [1.165, 1.54) is 38.8 Å². The molecular formula is C80H112ClN16NaO10. The summed E-state index contributed by atoms with van der Waals surface area (Å²) in [5, 5.41) is 19.4. The molecule has 580 valence electrons. The number of carbonyl (C=O) groups is 4. The number of unbranched alkanes of at least 4 members (excludes halogenated alkanes) is 4. The number of rotatable bonds is 36. The molecule has 0 bridgehead atoms. The van der Waals surface area contributed by atoms with E-state index in [4.69, 9.17) is 64.3 Å². The SMILES string of the molecule is C.CCCCN.CCCCNc1nc(N)nc(/C=C/C(C)=O)c1Cc1ccccc1OC.CCCCNc1nc(N)nc(CCC(=O)O)c1Cc1ccccc1OC.CCCCNc1nc(N)nc(CCC(C)=O)c1Cc1ccccc1OC.COc1ccccc1Cc1c(Cl)nc(N)nc1/C=C/C(C)=O.[Na+].[OH-]. The van der Waals surface area contributed by atoms with Crippen LogP contribution in [-0.2, 0) is 57.7 Å². The average molecular weight is 1520 g/mol. The molecule has 0 unspecified atom stereocenters. The monoisotopic (exact) mass is 1510 g/mol. The number of nitrogens with one attached hydrogen (secondary N) is 3. The molecule has 26 nitrogen and oxygen atoms in total. The minimum absolute atomic E-state index is 0. The van der Waals surface area contributed by atoms with Gasteiger partial charge in [-0.2, -0.15) is 15.0 Å². The summed E-state index contributed by atoms with van der Waals surface area (Å²) in [6.07, 6.45) is 18.3. The van der Waals surface area contributed by atoms with Gasteiger partial charge in [0.25, 0.3) is 0 Å². The fraction of sp³-hybridized carbons (Fsp3) is 0.400. The molecule has 8 rings (SSSR count). The minimum atomic E-state index is -0.870. The van der Waals surface area contributed by atoms with Crippen molar-refractivity contribution in [3.8, 4) is 23.0 Å². The summed E-state index contributed by atoms with van der Waals surface area (Å²) in [4.78, 5) is 79.3. The number of carboxylic acid groups (broad SMARTS) is 1. The fourth-order valence-electron chi connectivity index (χ4n) is 10.4. The van der Waals surface area contributed by atoms with Crippen molar-refractivity contribution in [3.63, 3.8) is 0 Å². The van der Waals surface area contributed by atoms with Gasteiger partial charge in [-0.15, -0.1) is 0 Å². The molecule has 0 radical (unpaired) electrons. The number of aliphatic carboxylic acids is 1. The number of nitrogens with zero attached hydrogens (tertiary/aromatic N) is 8. The van der Waals surface area contributed by atoms with Gasteiger partial charge >= 0.3 is 35.5 Å². The zero-order valence-corrected chi connectivity index (χ0v) is 66.9.